The lowest BCUT2D eigenvalue weighted by Crippen LogP contribution is -2.36. The monoisotopic (exact) mass is 281 g/mol. The molecular weight excluding hydrogens is 258 g/mol. The summed E-state index contributed by atoms with van der Waals surface area (Å²) >= 11 is 0. The number of ether oxygens (including phenoxy) is 1. The number of carbonyl (C=O) groups excluding carboxylic acids is 1. The lowest BCUT2D eigenvalue weighted by atomic mass is 9.88. The largest absolute Gasteiger partial charge is 0.469 e. The fraction of sp³-hybridized carbons (Fsp3) is 0.909. The molecule has 0 rings (SSSR count). The maximum atomic E-state index is 11.6. The van der Waals surface area contributed by atoms with Gasteiger partial charge in [-0.2, -0.15) is 0 Å². The first-order chi connectivity index (χ1) is 8.22. The Labute approximate surface area is 109 Å². The van der Waals surface area contributed by atoms with E-state index in [2.05, 4.69) is 9.46 Å². The SMILES string of the molecule is COC(=O)CCS(=O)(=O)NCC(C)(C)CCCO. The van der Waals surface area contributed by atoms with Crippen molar-refractivity contribution >= 4 is 16.0 Å². The summed E-state index contributed by atoms with van der Waals surface area (Å²) in [5, 5.41) is 8.74. The maximum absolute atomic E-state index is 11.6. The van der Waals surface area contributed by atoms with E-state index in [4.69, 9.17) is 5.11 Å². The number of hydrogen-bond acceptors (Lipinski definition) is 5. The molecule has 0 aliphatic rings. The number of aliphatic hydroxyl groups is 1. The van der Waals surface area contributed by atoms with Gasteiger partial charge in [0.15, 0.2) is 0 Å². The Bertz CT molecular complexity index is 350. The highest BCUT2D eigenvalue weighted by atomic mass is 32.2. The fourth-order valence-electron chi connectivity index (χ4n) is 1.34. The van der Waals surface area contributed by atoms with Crippen LogP contribution in [0.2, 0.25) is 0 Å². The molecule has 0 aromatic carbocycles. The summed E-state index contributed by atoms with van der Waals surface area (Å²) in [5.41, 5.74) is -0.221. The van der Waals surface area contributed by atoms with Gasteiger partial charge in [0.25, 0.3) is 0 Å². The number of carbonyl (C=O) groups is 1. The third-order valence-corrected chi connectivity index (χ3v) is 3.91. The standard InChI is InChI=1S/C11H23NO5S/c1-11(2,6-4-7-13)9-12-18(15,16)8-5-10(14)17-3/h12-13H,4-9H2,1-3H3. The summed E-state index contributed by atoms with van der Waals surface area (Å²) in [6.45, 7) is 4.23. The Kier molecular flexibility index (Phi) is 7.42. The van der Waals surface area contributed by atoms with Crippen molar-refractivity contribution in [3.8, 4) is 0 Å². The van der Waals surface area contributed by atoms with Crippen molar-refractivity contribution in [2.75, 3.05) is 26.0 Å². The minimum absolute atomic E-state index is 0.0958. The third kappa shape index (κ3) is 8.43. The lowest BCUT2D eigenvalue weighted by Gasteiger charge is -2.24. The third-order valence-electron chi connectivity index (χ3n) is 2.58. The predicted octanol–water partition coefficient (Wildman–Crippen LogP) is 0.268. The molecule has 18 heavy (non-hydrogen) atoms. The second-order valence-corrected chi connectivity index (χ2v) is 6.88. The van der Waals surface area contributed by atoms with Crippen molar-refractivity contribution in [3.05, 3.63) is 0 Å². The van der Waals surface area contributed by atoms with Crippen molar-refractivity contribution in [2.45, 2.75) is 33.1 Å². The summed E-state index contributed by atoms with van der Waals surface area (Å²) < 4.78 is 30.1. The van der Waals surface area contributed by atoms with E-state index in [0.717, 1.165) is 6.42 Å². The average molecular weight is 281 g/mol. The van der Waals surface area contributed by atoms with Crippen molar-refractivity contribution in [1.29, 1.82) is 0 Å². The van der Waals surface area contributed by atoms with Crippen LogP contribution in [0.4, 0.5) is 0 Å². The van der Waals surface area contributed by atoms with Crippen molar-refractivity contribution in [2.24, 2.45) is 5.41 Å². The van der Waals surface area contributed by atoms with E-state index in [-0.39, 0.29) is 30.7 Å². The van der Waals surface area contributed by atoms with E-state index >= 15 is 0 Å². The molecule has 0 aliphatic carbocycles. The molecule has 0 radical (unpaired) electrons. The number of esters is 1. The molecule has 0 spiro atoms. The fourth-order valence-corrected chi connectivity index (χ4v) is 2.53. The van der Waals surface area contributed by atoms with E-state index < -0.39 is 16.0 Å². The smallest absolute Gasteiger partial charge is 0.306 e. The first-order valence-electron chi connectivity index (χ1n) is 5.87. The molecule has 0 aromatic rings. The van der Waals surface area contributed by atoms with Crippen LogP contribution in [0.3, 0.4) is 0 Å². The molecule has 6 nitrogen and oxygen atoms in total. The molecule has 0 bridgehead atoms. The zero-order valence-corrected chi connectivity index (χ0v) is 12.0. The molecule has 7 heteroatoms. The second-order valence-electron chi connectivity index (χ2n) is 4.96. The van der Waals surface area contributed by atoms with E-state index in [9.17, 15) is 13.2 Å². The summed E-state index contributed by atoms with van der Waals surface area (Å²) in [6.07, 6.45) is 1.21. The highest BCUT2D eigenvalue weighted by Gasteiger charge is 2.21. The van der Waals surface area contributed by atoms with E-state index in [1.54, 1.807) is 0 Å². The van der Waals surface area contributed by atoms with Crippen molar-refractivity contribution in [3.63, 3.8) is 0 Å². The predicted molar refractivity (Wildman–Crippen MR) is 68.5 cm³/mol. The number of methoxy groups -OCH3 is 1. The average Bonchev–Trinajstić information content (AvgIpc) is 2.31. The quantitative estimate of drug-likeness (QED) is 0.592. The van der Waals surface area contributed by atoms with Gasteiger partial charge in [0.1, 0.15) is 0 Å². The lowest BCUT2D eigenvalue weighted by molar-refractivity contribution is -0.140. The van der Waals surface area contributed by atoms with Crippen LogP contribution in [-0.4, -0.2) is 45.5 Å². The maximum Gasteiger partial charge on any atom is 0.306 e. The van der Waals surface area contributed by atoms with Gasteiger partial charge < -0.3 is 9.84 Å². The van der Waals surface area contributed by atoms with Gasteiger partial charge in [0, 0.05) is 13.2 Å². The van der Waals surface area contributed by atoms with Crippen molar-refractivity contribution < 1.29 is 23.1 Å². The molecule has 108 valence electrons. The van der Waals surface area contributed by atoms with Crippen LogP contribution in [0.15, 0.2) is 0 Å². The van der Waals surface area contributed by atoms with Gasteiger partial charge in [0.05, 0.1) is 19.3 Å². The molecule has 0 aliphatic heterocycles. The topological polar surface area (TPSA) is 92.7 Å². The Morgan fingerprint density at radius 1 is 1.39 bits per heavy atom. The Balaban J connectivity index is 4.13. The first-order valence-corrected chi connectivity index (χ1v) is 7.53. The normalized spacial score (nSPS) is 12.4. The summed E-state index contributed by atoms with van der Waals surface area (Å²) in [7, 11) is -2.24. The van der Waals surface area contributed by atoms with Crippen LogP contribution in [0, 0.1) is 5.41 Å². The molecule has 0 saturated carbocycles. The minimum atomic E-state index is -3.46. The summed E-state index contributed by atoms with van der Waals surface area (Å²) in [5.74, 6) is -0.810. The van der Waals surface area contributed by atoms with Gasteiger partial charge in [-0.05, 0) is 18.3 Å². The molecule has 0 amide bonds. The molecule has 0 saturated heterocycles. The van der Waals surface area contributed by atoms with Crippen LogP contribution in [0.5, 0.6) is 0 Å². The zero-order chi connectivity index (χ0) is 14.2. The van der Waals surface area contributed by atoms with Crippen LogP contribution >= 0.6 is 0 Å². The Morgan fingerprint density at radius 3 is 2.50 bits per heavy atom. The van der Waals surface area contributed by atoms with Gasteiger partial charge in [-0.1, -0.05) is 13.8 Å². The highest BCUT2D eigenvalue weighted by Crippen LogP contribution is 2.21. The molecule has 0 aromatic heterocycles. The summed E-state index contributed by atoms with van der Waals surface area (Å²) in [6, 6.07) is 0. The zero-order valence-electron chi connectivity index (χ0n) is 11.2. The Hall–Kier alpha value is -0.660. The van der Waals surface area contributed by atoms with Crippen LogP contribution < -0.4 is 4.72 Å². The molecule has 0 atom stereocenters. The molecule has 0 fully saturated rings. The minimum Gasteiger partial charge on any atom is -0.469 e. The number of sulfonamides is 1. The molecule has 0 unspecified atom stereocenters. The van der Waals surface area contributed by atoms with Gasteiger partial charge in [-0.15, -0.1) is 0 Å². The van der Waals surface area contributed by atoms with Crippen LogP contribution in [0.1, 0.15) is 33.1 Å². The highest BCUT2D eigenvalue weighted by molar-refractivity contribution is 7.89. The van der Waals surface area contributed by atoms with Crippen LogP contribution in [-0.2, 0) is 19.6 Å². The molecular formula is C11H23NO5S. The summed E-state index contributed by atoms with van der Waals surface area (Å²) in [4.78, 5) is 10.9. The van der Waals surface area contributed by atoms with E-state index in [1.165, 1.54) is 7.11 Å². The van der Waals surface area contributed by atoms with Crippen molar-refractivity contribution in [1.82, 2.24) is 4.72 Å². The Morgan fingerprint density at radius 2 is 2.00 bits per heavy atom. The van der Waals surface area contributed by atoms with Gasteiger partial charge in [-0.3, -0.25) is 4.79 Å². The van der Waals surface area contributed by atoms with Crippen LogP contribution in [0.25, 0.3) is 0 Å². The number of aliphatic hydroxyl groups excluding tert-OH is 1. The van der Waals surface area contributed by atoms with Gasteiger partial charge in [0.2, 0.25) is 10.0 Å². The van der Waals surface area contributed by atoms with Gasteiger partial charge >= 0.3 is 5.97 Å². The number of rotatable bonds is 9. The number of nitrogens with one attached hydrogen (secondary N) is 1. The van der Waals surface area contributed by atoms with Gasteiger partial charge in [-0.25, -0.2) is 13.1 Å². The second kappa shape index (κ2) is 7.70. The molecule has 2 N–H and O–H groups in total. The number of hydrogen-bond donors (Lipinski definition) is 2. The molecule has 0 heterocycles. The first kappa shape index (κ1) is 17.3. The van der Waals surface area contributed by atoms with E-state index in [1.807, 2.05) is 13.8 Å². The van der Waals surface area contributed by atoms with E-state index in [0.29, 0.717) is 6.42 Å².